The maximum Gasteiger partial charge on any atom is 0.280 e. The Balaban J connectivity index is 1.52. The molecule has 0 bridgehead atoms. The summed E-state index contributed by atoms with van der Waals surface area (Å²) in [6.45, 7) is 9.21. The number of benzene rings is 2. The van der Waals surface area contributed by atoms with Gasteiger partial charge in [0.05, 0.1) is 12.5 Å². The molecule has 1 fully saturated rings. The summed E-state index contributed by atoms with van der Waals surface area (Å²) in [7, 11) is 0. The van der Waals surface area contributed by atoms with E-state index in [1.807, 2.05) is 0 Å². The van der Waals surface area contributed by atoms with Crippen molar-refractivity contribution in [2.24, 2.45) is 11.8 Å². The van der Waals surface area contributed by atoms with Crippen LogP contribution in [0.4, 0.5) is 0 Å². The summed E-state index contributed by atoms with van der Waals surface area (Å²) in [5.74, 6) is 1.69. The number of nitrogens with zero attached hydrogens (tertiary/aromatic N) is 1. The van der Waals surface area contributed by atoms with Crippen molar-refractivity contribution in [1.82, 2.24) is 9.88 Å². The van der Waals surface area contributed by atoms with Gasteiger partial charge in [0.25, 0.3) is 5.91 Å². The third-order valence-electron chi connectivity index (χ3n) is 6.49. The van der Waals surface area contributed by atoms with Crippen molar-refractivity contribution in [1.29, 1.82) is 0 Å². The smallest absolute Gasteiger partial charge is 0.280 e. The van der Waals surface area contributed by atoms with Gasteiger partial charge in [0, 0.05) is 30.2 Å². The minimum absolute atomic E-state index is 0.0704. The predicted octanol–water partition coefficient (Wildman–Crippen LogP) is 3.76. The van der Waals surface area contributed by atoms with Gasteiger partial charge < -0.3 is 15.2 Å². The molecule has 0 radical (unpaired) electrons. The molecule has 0 unspecified atom stereocenters. The van der Waals surface area contributed by atoms with Crippen LogP contribution in [0.3, 0.4) is 0 Å². The number of hydrogen-bond acceptors (Lipinski definition) is 1. The number of amides is 1. The van der Waals surface area contributed by atoms with Gasteiger partial charge in [0.15, 0.2) is 6.04 Å². The van der Waals surface area contributed by atoms with E-state index in [0.717, 1.165) is 25.2 Å². The number of nitrogens with two attached hydrogens (primary N) is 1. The zero-order valence-corrected chi connectivity index (χ0v) is 18.3. The standard InChI is InChI=1S/C26H33N3O/c1-18-13-19(2)17-29(16-18)26(30)20(3)27-14-23(21-9-5-4-6-10-21)24-15-28-25-12-8-7-11-22(24)25/h4-12,15,18-20,23,27-28H,13-14,16-17H2,1-3H3/p+1/t18-,19-,20+,23-/m0/s1. The number of aromatic nitrogens is 1. The molecule has 4 rings (SSSR count). The van der Waals surface area contributed by atoms with Crippen molar-refractivity contribution in [3.05, 3.63) is 71.9 Å². The number of carbonyl (C=O) groups is 1. The number of nitrogens with one attached hydrogen (secondary N) is 1. The van der Waals surface area contributed by atoms with E-state index in [9.17, 15) is 4.79 Å². The Morgan fingerprint density at radius 1 is 1.07 bits per heavy atom. The van der Waals surface area contributed by atoms with Crippen LogP contribution in [0, 0.1) is 11.8 Å². The van der Waals surface area contributed by atoms with E-state index in [2.05, 4.69) is 96.8 Å². The molecule has 2 heterocycles. The van der Waals surface area contributed by atoms with E-state index in [0.29, 0.717) is 11.8 Å². The molecular weight excluding hydrogens is 370 g/mol. The van der Waals surface area contributed by atoms with E-state index in [4.69, 9.17) is 0 Å². The number of fused-ring (bicyclic) bond motifs is 1. The van der Waals surface area contributed by atoms with Crippen molar-refractivity contribution in [2.45, 2.75) is 39.2 Å². The number of piperidine rings is 1. The van der Waals surface area contributed by atoms with Crippen LogP contribution >= 0.6 is 0 Å². The molecule has 4 nitrogen and oxygen atoms in total. The number of likely N-dealkylation sites (tertiary alicyclic amines) is 1. The molecule has 1 aliphatic heterocycles. The number of hydrogen-bond donors (Lipinski definition) is 2. The summed E-state index contributed by atoms with van der Waals surface area (Å²) in [6, 6.07) is 19.0. The Bertz CT molecular complexity index is 970. The van der Waals surface area contributed by atoms with E-state index in [1.165, 1.54) is 22.9 Å². The molecule has 30 heavy (non-hydrogen) atoms. The molecule has 1 saturated heterocycles. The molecule has 1 aromatic heterocycles. The number of quaternary nitrogens is 1. The summed E-state index contributed by atoms with van der Waals surface area (Å²) < 4.78 is 0. The first-order valence-corrected chi connectivity index (χ1v) is 11.3. The van der Waals surface area contributed by atoms with Crippen LogP contribution in [0.2, 0.25) is 0 Å². The first-order valence-electron chi connectivity index (χ1n) is 11.3. The lowest BCUT2D eigenvalue weighted by atomic mass is 9.90. The van der Waals surface area contributed by atoms with Gasteiger partial charge in [-0.05, 0) is 42.4 Å². The minimum Gasteiger partial charge on any atom is -0.361 e. The van der Waals surface area contributed by atoms with Gasteiger partial charge in [-0.2, -0.15) is 0 Å². The van der Waals surface area contributed by atoms with E-state index in [1.54, 1.807) is 0 Å². The van der Waals surface area contributed by atoms with Crippen LogP contribution in [0.15, 0.2) is 60.8 Å². The predicted molar refractivity (Wildman–Crippen MR) is 122 cm³/mol. The number of H-pyrrole nitrogens is 1. The first-order chi connectivity index (χ1) is 14.5. The van der Waals surface area contributed by atoms with Crippen molar-refractivity contribution in [3.63, 3.8) is 0 Å². The number of para-hydroxylation sites is 1. The molecule has 1 aliphatic rings. The second kappa shape index (κ2) is 9.05. The second-order valence-electron chi connectivity index (χ2n) is 9.20. The molecule has 3 N–H and O–H groups in total. The van der Waals surface area contributed by atoms with Gasteiger partial charge in [0.2, 0.25) is 0 Å². The quantitative estimate of drug-likeness (QED) is 0.646. The molecule has 0 saturated carbocycles. The molecule has 4 atom stereocenters. The highest BCUT2D eigenvalue weighted by molar-refractivity contribution is 5.84. The Kier molecular flexibility index (Phi) is 6.24. The van der Waals surface area contributed by atoms with Crippen LogP contribution in [0.1, 0.15) is 44.2 Å². The summed E-state index contributed by atoms with van der Waals surface area (Å²) in [5.41, 5.74) is 3.75. The Hall–Kier alpha value is -2.59. The average Bonchev–Trinajstić information content (AvgIpc) is 3.17. The molecular formula is C26H34N3O+. The van der Waals surface area contributed by atoms with Gasteiger partial charge in [-0.3, -0.25) is 4.79 Å². The van der Waals surface area contributed by atoms with Crippen LogP contribution in [0.25, 0.3) is 10.9 Å². The SMILES string of the molecule is C[C@H]1C[C@H](C)CN(C(=O)[C@@H](C)[NH2+]C[C@@H](c2ccccc2)c2c[nH]c3ccccc23)C1. The van der Waals surface area contributed by atoms with Crippen LogP contribution in [-0.4, -0.2) is 41.5 Å². The largest absolute Gasteiger partial charge is 0.361 e. The van der Waals surface area contributed by atoms with Crippen molar-refractivity contribution >= 4 is 16.8 Å². The van der Waals surface area contributed by atoms with Gasteiger partial charge >= 0.3 is 0 Å². The first kappa shape index (κ1) is 20.7. The molecule has 0 spiro atoms. The molecule has 158 valence electrons. The Morgan fingerprint density at radius 3 is 2.47 bits per heavy atom. The van der Waals surface area contributed by atoms with E-state index < -0.39 is 0 Å². The van der Waals surface area contributed by atoms with Crippen LogP contribution in [-0.2, 0) is 4.79 Å². The van der Waals surface area contributed by atoms with Crippen molar-refractivity contribution < 1.29 is 10.1 Å². The number of aromatic amines is 1. The fourth-order valence-electron chi connectivity index (χ4n) is 5.08. The maximum absolute atomic E-state index is 13.1. The summed E-state index contributed by atoms with van der Waals surface area (Å²) >= 11 is 0. The highest BCUT2D eigenvalue weighted by Crippen LogP contribution is 2.30. The highest BCUT2D eigenvalue weighted by Gasteiger charge is 2.30. The summed E-state index contributed by atoms with van der Waals surface area (Å²) in [5, 5.41) is 3.49. The topological polar surface area (TPSA) is 52.7 Å². The maximum atomic E-state index is 13.1. The molecule has 0 aliphatic carbocycles. The lowest BCUT2D eigenvalue weighted by molar-refractivity contribution is -0.675. The Morgan fingerprint density at radius 2 is 1.73 bits per heavy atom. The van der Waals surface area contributed by atoms with Gasteiger partial charge in [-0.1, -0.05) is 62.4 Å². The minimum atomic E-state index is -0.0704. The second-order valence-corrected chi connectivity index (χ2v) is 9.20. The van der Waals surface area contributed by atoms with E-state index >= 15 is 0 Å². The Labute approximate surface area is 179 Å². The van der Waals surface area contributed by atoms with Crippen molar-refractivity contribution in [2.75, 3.05) is 19.6 Å². The molecule has 2 aromatic carbocycles. The third-order valence-corrected chi connectivity index (χ3v) is 6.49. The summed E-state index contributed by atoms with van der Waals surface area (Å²) in [6.07, 6.45) is 3.36. The summed E-state index contributed by atoms with van der Waals surface area (Å²) in [4.78, 5) is 18.6. The zero-order valence-electron chi connectivity index (χ0n) is 18.3. The lowest BCUT2D eigenvalue weighted by Crippen LogP contribution is -2.92. The molecule has 3 aromatic rings. The van der Waals surface area contributed by atoms with Gasteiger partial charge in [0.1, 0.15) is 0 Å². The number of carbonyl (C=O) groups excluding carboxylic acids is 1. The third kappa shape index (κ3) is 4.44. The average molecular weight is 405 g/mol. The lowest BCUT2D eigenvalue weighted by Gasteiger charge is -2.35. The number of rotatable bonds is 6. The fourth-order valence-corrected chi connectivity index (χ4v) is 5.08. The molecule has 4 heteroatoms. The van der Waals surface area contributed by atoms with Crippen molar-refractivity contribution in [3.8, 4) is 0 Å². The zero-order chi connectivity index (χ0) is 21.1. The van der Waals surface area contributed by atoms with E-state index in [-0.39, 0.29) is 17.9 Å². The van der Waals surface area contributed by atoms with Crippen LogP contribution < -0.4 is 5.32 Å². The van der Waals surface area contributed by atoms with Gasteiger partial charge in [-0.15, -0.1) is 0 Å². The highest BCUT2D eigenvalue weighted by atomic mass is 16.2. The van der Waals surface area contributed by atoms with Gasteiger partial charge in [-0.25, -0.2) is 0 Å². The fraction of sp³-hybridized carbons (Fsp3) is 0.423. The monoisotopic (exact) mass is 404 g/mol. The normalized spacial score (nSPS) is 21.5. The molecule has 1 amide bonds. The van der Waals surface area contributed by atoms with Crippen LogP contribution in [0.5, 0.6) is 0 Å².